The summed E-state index contributed by atoms with van der Waals surface area (Å²) in [5, 5.41) is 3.53. The molecule has 0 aromatic heterocycles. The molecule has 0 radical (unpaired) electrons. The predicted molar refractivity (Wildman–Crippen MR) is 85.1 cm³/mol. The number of rotatable bonds is 1. The minimum atomic E-state index is 0.101. The molecule has 0 saturated heterocycles. The SMILES string of the molecule is CC(Br)c1ccc2c(=O)c3ccccc3ccc2c1. The van der Waals surface area contributed by atoms with Crippen molar-refractivity contribution in [2.24, 2.45) is 0 Å². The van der Waals surface area contributed by atoms with Crippen LogP contribution < -0.4 is 5.43 Å². The van der Waals surface area contributed by atoms with Gasteiger partial charge in [0.15, 0.2) is 5.43 Å². The molecule has 0 fully saturated rings. The molecule has 1 nitrogen and oxygen atoms in total. The van der Waals surface area contributed by atoms with Gasteiger partial charge in [-0.25, -0.2) is 0 Å². The van der Waals surface area contributed by atoms with Crippen molar-refractivity contribution >= 4 is 37.5 Å². The predicted octanol–water partition coefficient (Wildman–Crippen LogP) is 4.81. The van der Waals surface area contributed by atoms with Gasteiger partial charge in [-0.15, -0.1) is 0 Å². The average Bonchev–Trinajstić information content (AvgIpc) is 2.57. The third-order valence-electron chi connectivity index (χ3n) is 3.43. The van der Waals surface area contributed by atoms with Gasteiger partial charge >= 0.3 is 0 Å². The van der Waals surface area contributed by atoms with Crippen LogP contribution in [0.25, 0.3) is 21.5 Å². The van der Waals surface area contributed by atoms with E-state index < -0.39 is 0 Å². The second kappa shape index (κ2) is 4.78. The monoisotopic (exact) mass is 312 g/mol. The highest BCUT2D eigenvalue weighted by atomic mass is 79.9. The summed E-state index contributed by atoms with van der Waals surface area (Å²) in [5.74, 6) is 0. The van der Waals surface area contributed by atoms with Crippen LogP contribution in [0.3, 0.4) is 0 Å². The molecule has 0 amide bonds. The molecule has 19 heavy (non-hydrogen) atoms. The van der Waals surface area contributed by atoms with Crippen LogP contribution in [0.5, 0.6) is 0 Å². The maximum absolute atomic E-state index is 12.6. The second-order valence-corrected chi connectivity index (χ2v) is 6.09. The van der Waals surface area contributed by atoms with Crippen LogP contribution in [0, 0.1) is 0 Å². The highest BCUT2D eigenvalue weighted by Crippen LogP contribution is 2.25. The van der Waals surface area contributed by atoms with Gasteiger partial charge in [-0.2, -0.15) is 0 Å². The highest BCUT2D eigenvalue weighted by molar-refractivity contribution is 9.09. The van der Waals surface area contributed by atoms with Crippen molar-refractivity contribution in [1.82, 2.24) is 0 Å². The van der Waals surface area contributed by atoms with Crippen LogP contribution in [-0.2, 0) is 0 Å². The van der Waals surface area contributed by atoms with Gasteiger partial charge in [0.25, 0.3) is 0 Å². The minimum absolute atomic E-state index is 0.101. The fraction of sp³-hybridized carbons (Fsp3) is 0.118. The van der Waals surface area contributed by atoms with E-state index in [4.69, 9.17) is 0 Å². The van der Waals surface area contributed by atoms with E-state index in [9.17, 15) is 4.79 Å². The fourth-order valence-electron chi connectivity index (χ4n) is 2.35. The molecule has 0 aliphatic carbocycles. The van der Waals surface area contributed by atoms with Gasteiger partial charge in [0, 0.05) is 15.6 Å². The highest BCUT2D eigenvalue weighted by Gasteiger charge is 2.05. The molecule has 1 unspecified atom stereocenters. The van der Waals surface area contributed by atoms with Crippen molar-refractivity contribution in [3.05, 3.63) is 70.4 Å². The normalized spacial score (nSPS) is 12.7. The third-order valence-corrected chi connectivity index (χ3v) is 3.96. The molecule has 94 valence electrons. The van der Waals surface area contributed by atoms with Crippen molar-refractivity contribution in [2.75, 3.05) is 0 Å². The standard InChI is InChI=1S/C17H13BrO/c1-11(18)13-8-9-16-14(10-13)7-6-12-4-2-3-5-15(12)17(16)19/h2-11H,1H3. The summed E-state index contributed by atoms with van der Waals surface area (Å²) >= 11 is 3.56. The Morgan fingerprint density at radius 3 is 2.37 bits per heavy atom. The van der Waals surface area contributed by atoms with Crippen molar-refractivity contribution in [2.45, 2.75) is 11.8 Å². The number of hydrogen-bond donors (Lipinski definition) is 0. The van der Waals surface area contributed by atoms with E-state index in [0.717, 1.165) is 21.5 Å². The van der Waals surface area contributed by atoms with Gasteiger partial charge in [0.05, 0.1) is 0 Å². The molecule has 0 saturated carbocycles. The van der Waals surface area contributed by atoms with Crippen molar-refractivity contribution in [3.63, 3.8) is 0 Å². The first-order valence-electron chi connectivity index (χ1n) is 6.26. The van der Waals surface area contributed by atoms with E-state index in [-0.39, 0.29) is 10.3 Å². The lowest BCUT2D eigenvalue weighted by atomic mass is 10.1. The molecule has 0 heterocycles. The molecular formula is C17H13BrO. The summed E-state index contributed by atoms with van der Waals surface area (Å²) in [6, 6.07) is 17.8. The lowest BCUT2D eigenvalue weighted by molar-refractivity contribution is 1.13. The molecule has 0 bridgehead atoms. The third kappa shape index (κ3) is 2.17. The first-order valence-corrected chi connectivity index (χ1v) is 7.18. The van der Waals surface area contributed by atoms with Crippen LogP contribution in [0.1, 0.15) is 17.3 Å². The van der Waals surface area contributed by atoms with E-state index in [1.807, 2.05) is 48.5 Å². The molecule has 3 aromatic carbocycles. The van der Waals surface area contributed by atoms with Crippen LogP contribution in [0.2, 0.25) is 0 Å². The number of halogens is 1. The van der Waals surface area contributed by atoms with Gasteiger partial charge in [-0.05, 0) is 29.3 Å². The molecule has 0 aliphatic rings. The summed E-state index contributed by atoms with van der Waals surface area (Å²) < 4.78 is 0. The van der Waals surface area contributed by atoms with E-state index >= 15 is 0 Å². The van der Waals surface area contributed by atoms with Crippen LogP contribution in [0.15, 0.2) is 59.4 Å². The molecule has 3 rings (SSSR count). The smallest absolute Gasteiger partial charge is 0.194 e. The Hall–Kier alpha value is -1.67. The van der Waals surface area contributed by atoms with Gasteiger partial charge in [-0.1, -0.05) is 64.5 Å². The van der Waals surface area contributed by atoms with E-state index in [1.54, 1.807) is 0 Å². The summed E-state index contributed by atoms with van der Waals surface area (Å²) in [6.07, 6.45) is 0. The van der Waals surface area contributed by atoms with Crippen LogP contribution >= 0.6 is 15.9 Å². The van der Waals surface area contributed by atoms with Gasteiger partial charge < -0.3 is 0 Å². The first-order chi connectivity index (χ1) is 9.16. The zero-order valence-corrected chi connectivity index (χ0v) is 12.1. The van der Waals surface area contributed by atoms with Crippen molar-refractivity contribution in [3.8, 4) is 0 Å². The zero-order chi connectivity index (χ0) is 13.4. The maximum atomic E-state index is 12.6. The Kier molecular flexibility index (Phi) is 3.11. The summed E-state index contributed by atoms with van der Waals surface area (Å²) in [5.41, 5.74) is 1.28. The second-order valence-electron chi connectivity index (χ2n) is 4.71. The van der Waals surface area contributed by atoms with Gasteiger partial charge in [-0.3, -0.25) is 4.79 Å². The van der Waals surface area contributed by atoms with Gasteiger partial charge in [0.1, 0.15) is 0 Å². The van der Waals surface area contributed by atoms with Crippen molar-refractivity contribution in [1.29, 1.82) is 0 Å². The van der Waals surface area contributed by atoms with E-state index in [2.05, 4.69) is 28.9 Å². The molecule has 2 heteroatoms. The Morgan fingerprint density at radius 2 is 1.58 bits per heavy atom. The molecule has 0 N–H and O–H groups in total. The molecule has 0 aliphatic heterocycles. The lowest BCUT2D eigenvalue weighted by Gasteiger charge is -2.03. The molecule has 1 atom stereocenters. The van der Waals surface area contributed by atoms with Crippen LogP contribution in [-0.4, -0.2) is 0 Å². The van der Waals surface area contributed by atoms with Gasteiger partial charge in [0.2, 0.25) is 0 Å². The number of benzene rings is 2. The Morgan fingerprint density at radius 1 is 0.895 bits per heavy atom. The largest absolute Gasteiger partial charge is 0.289 e. The quantitative estimate of drug-likeness (QED) is 0.589. The summed E-state index contributed by atoms with van der Waals surface area (Å²) in [4.78, 5) is 12.8. The first kappa shape index (κ1) is 12.4. The number of hydrogen-bond acceptors (Lipinski definition) is 1. The molecule has 0 spiro atoms. The van der Waals surface area contributed by atoms with Crippen molar-refractivity contribution < 1.29 is 0 Å². The Labute approximate surface area is 120 Å². The molecular weight excluding hydrogens is 300 g/mol. The average molecular weight is 313 g/mol. The minimum Gasteiger partial charge on any atom is -0.289 e. The van der Waals surface area contributed by atoms with Crippen LogP contribution in [0.4, 0.5) is 0 Å². The Balaban J connectivity index is 2.47. The summed E-state index contributed by atoms with van der Waals surface area (Å²) in [7, 11) is 0. The number of fused-ring (bicyclic) bond motifs is 2. The number of alkyl halides is 1. The van der Waals surface area contributed by atoms with E-state index in [0.29, 0.717) is 0 Å². The summed E-state index contributed by atoms with van der Waals surface area (Å²) in [6.45, 7) is 2.08. The lowest BCUT2D eigenvalue weighted by Crippen LogP contribution is -1.98. The topological polar surface area (TPSA) is 17.1 Å². The Bertz CT molecular complexity index is 822. The maximum Gasteiger partial charge on any atom is 0.194 e. The molecule has 3 aromatic rings. The van der Waals surface area contributed by atoms with E-state index in [1.165, 1.54) is 5.56 Å². The fourth-order valence-corrected chi connectivity index (χ4v) is 2.63. The zero-order valence-electron chi connectivity index (χ0n) is 10.6.